The minimum atomic E-state index is 0.498. The van der Waals surface area contributed by atoms with Gasteiger partial charge in [-0.3, -0.25) is 0 Å². The molecule has 1 heterocycles. The van der Waals surface area contributed by atoms with E-state index in [2.05, 4.69) is 48.6 Å². The van der Waals surface area contributed by atoms with Crippen LogP contribution in [-0.2, 0) is 6.42 Å². The van der Waals surface area contributed by atoms with Crippen molar-refractivity contribution in [1.29, 1.82) is 0 Å². The number of hydrogen-bond donors (Lipinski definition) is 1. The molecule has 0 saturated carbocycles. The first kappa shape index (κ1) is 8.93. The summed E-state index contributed by atoms with van der Waals surface area (Å²) >= 11 is 0. The second kappa shape index (κ2) is 3.35. The van der Waals surface area contributed by atoms with Crippen LogP contribution >= 0.6 is 0 Å². The van der Waals surface area contributed by atoms with E-state index in [1.54, 1.807) is 0 Å². The summed E-state index contributed by atoms with van der Waals surface area (Å²) in [6, 6.07) is 13.8. The van der Waals surface area contributed by atoms with E-state index in [1.807, 2.05) is 0 Å². The zero-order valence-electron chi connectivity index (χ0n) is 8.96. The predicted octanol–water partition coefficient (Wildman–Crippen LogP) is 3.05. The molecule has 0 saturated heterocycles. The van der Waals surface area contributed by atoms with Gasteiger partial charge in [0.25, 0.3) is 0 Å². The van der Waals surface area contributed by atoms with Gasteiger partial charge >= 0.3 is 0 Å². The molecular formula is C14H15N. The number of fused-ring (bicyclic) bond motifs is 2. The van der Waals surface area contributed by atoms with Crippen LogP contribution in [0.2, 0.25) is 0 Å². The molecule has 0 bridgehead atoms. The fourth-order valence-electron chi connectivity index (χ4n) is 2.46. The van der Waals surface area contributed by atoms with Gasteiger partial charge in [0.2, 0.25) is 0 Å². The van der Waals surface area contributed by atoms with Crippen molar-refractivity contribution in [2.45, 2.75) is 19.4 Å². The number of nitrogens with one attached hydrogen (secondary N) is 1. The Morgan fingerprint density at radius 3 is 2.67 bits per heavy atom. The molecule has 3 rings (SSSR count). The molecule has 0 radical (unpaired) electrons. The van der Waals surface area contributed by atoms with Crippen LogP contribution in [0.1, 0.15) is 24.1 Å². The molecule has 1 aliphatic heterocycles. The van der Waals surface area contributed by atoms with E-state index in [1.165, 1.54) is 21.9 Å². The van der Waals surface area contributed by atoms with Crippen LogP contribution in [0.25, 0.3) is 10.8 Å². The first-order valence-corrected chi connectivity index (χ1v) is 5.59. The summed E-state index contributed by atoms with van der Waals surface area (Å²) in [5.74, 6) is 0. The Kier molecular flexibility index (Phi) is 2.00. The molecule has 0 aliphatic carbocycles. The molecule has 0 spiro atoms. The van der Waals surface area contributed by atoms with Gasteiger partial charge in [-0.2, -0.15) is 0 Å². The largest absolute Gasteiger partial charge is 0.310 e. The van der Waals surface area contributed by atoms with Crippen molar-refractivity contribution in [3.63, 3.8) is 0 Å². The smallest absolute Gasteiger partial charge is 0.0294 e. The number of rotatable bonds is 0. The van der Waals surface area contributed by atoms with E-state index < -0.39 is 0 Å². The summed E-state index contributed by atoms with van der Waals surface area (Å²) in [6.07, 6.45) is 1.16. The maximum atomic E-state index is 3.50. The highest BCUT2D eigenvalue weighted by Gasteiger charge is 2.15. The van der Waals surface area contributed by atoms with Crippen LogP contribution in [0, 0.1) is 0 Å². The van der Waals surface area contributed by atoms with Crippen molar-refractivity contribution in [3.8, 4) is 0 Å². The van der Waals surface area contributed by atoms with Crippen molar-refractivity contribution in [2.24, 2.45) is 0 Å². The Labute approximate surface area is 90.1 Å². The van der Waals surface area contributed by atoms with Gasteiger partial charge in [0.05, 0.1) is 0 Å². The van der Waals surface area contributed by atoms with Gasteiger partial charge in [-0.1, -0.05) is 30.3 Å². The molecule has 2 aromatic rings. The molecule has 76 valence electrons. The van der Waals surface area contributed by atoms with E-state index in [4.69, 9.17) is 0 Å². The molecule has 0 fully saturated rings. The lowest BCUT2D eigenvalue weighted by Gasteiger charge is -2.24. The van der Waals surface area contributed by atoms with Gasteiger partial charge in [0.15, 0.2) is 0 Å². The molecule has 1 N–H and O–H groups in total. The van der Waals surface area contributed by atoms with Gasteiger partial charge in [0, 0.05) is 6.04 Å². The summed E-state index contributed by atoms with van der Waals surface area (Å²) in [6.45, 7) is 3.35. The quantitative estimate of drug-likeness (QED) is 0.684. The maximum Gasteiger partial charge on any atom is 0.0294 e. The monoisotopic (exact) mass is 197 g/mol. The van der Waals surface area contributed by atoms with E-state index in [-0.39, 0.29) is 0 Å². The molecule has 1 aliphatic rings. The summed E-state index contributed by atoms with van der Waals surface area (Å²) in [5.41, 5.74) is 2.99. The minimum Gasteiger partial charge on any atom is -0.310 e. The molecule has 1 unspecified atom stereocenters. The van der Waals surface area contributed by atoms with Gasteiger partial charge in [0.1, 0.15) is 0 Å². The lowest BCUT2D eigenvalue weighted by atomic mass is 9.92. The lowest BCUT2D eigenvalue weighted by molar-refractivity contribution is 0.542. The normalized spacial score (nSPS) is 20.2. The fraction of sp³-hybridized carbons (Fsp3) is 0.286. The van der Waals surface area contributed by atoms with Crippen LogP contribution in [0.4, 0.5) is 0 Å². The summed E-state index contributed by atoms with van der Waals surface area (Å²) < 4.78 is 0. The average Bonchev–Trinajstić information content (AvgIpc) is 2.27. The predicted molar refractivity (Wildman–Crippen MR) is 64.1 cm³/mol. The molecule has 15 heavy (non-hydrogen) atoms. The lowest BCUT2D eigenvalue weighted by Crippen LogP contribution is -2.27. The topological polar surface area (TPSA) is 12.0 Å². The van der Waals surface area contributed by atoms with Gasteiger partial charge in [-0.05, 0) is 47.9 Å². The van der Waals surface area contributed by atoms with Crippen molar-refractivity contribution in [2.75, 3.05) is 6.54 Å². The van der Waals surface area contributed by atoms with E-state index in [0.717, 1.165) is 13.0 Å². The Bertz CT molecular complexity index is 502. The van der Waals surface area contributed by atoms with Crippen LogP contribution in [0.3, 0.4) is 0 Å². The highest BCUT2D eigenvalue weighted by molar-refractivity contribution is 5.84. The third kappa shape index (κ3) is 1.44. The fourth-order valence-corrected chi connectivity index (χ4v) is 2.46. The highest BCUT2D eigenvalue weighted by Crippen LogP contribution is 2.27. The Morgan fingerprint density at radius 1 is 1.13 bits per heavy atom. The van der Waals surface area contributed by atoms with Crippen molar-refractivity contribution in [1.82, 2.24) is 5.32 Å². The highest BCUT2D eigenvalue weighted by atomic mass is 14.9. The number of hydrogen-bond acceptors (Lipinski definition) is 1. The molecule has 1 atom stereocenters. The Morgan fingerprint density at radius 2 is 1.87 bits per heavy atom. The van der Waals surface area contributed by atoms with Crippen LogP contribution in [-0.4, -0.2) is 6.54 Å². The van der Waals surface area contributed by atoms with Crippen LogP contribution in [0.15, 0.2) is 36.4 Å². The third-order valence-corrected chi connectivity index (χ3v) is 3.32. The standard InChI is InChI=1S/C14H15N/c1-10-14-9-12-5-3-2-4-11(12)8-13(14)6-7-15-10/h2-5,8-10,15H,6-7H2,1H3. The second-order valence-corrected chi connectivity index (χ2v) is 4.32. The van der Waals surface area contributed by atoms with Crippen molar-refractivity contribution >= 4 is 10.8 Å². The zero-order valence-corrected chi connectivity index (χ0v) is 8.96. The Balaban J connectivity index is 2.27. The molecule has 0 aromatic heterocycles. The van der Waals surface area contributed by atoms with Gasteiger partial charge in [-0.15, -0.1) is 0 Å². The zero-order chi connectivity index (χ0) is 10.3. The van der Waals surface area contributed by atoms with Crippen molar-refractivity contribution in [3.05, 3.63) is 47.5 Å². The minimum absolute atomic E-state index is 0.498. The van der Waals surface area contributed by atoms with Gasteiger partial charge in [-0.25, -0.2) is 0 Å². The SMILES string of the molecule is CC1NCCc2cc3ccccc3cc21. The number of benzene rings is 2. The molecule has 2 aromatic carbocycles. The van der Waals surface area contributed by atoms with Crippen LogP contribution < -0.4 is 5.32 Å². The third-order valence-electron chi connectivity index (χ3n) is 3.32. The van der Waals surface area contributed by atoms with Gasteiger partial charge < -0.3 is 5.32 Å². The van der Waals surface area contributed by atoms with E-state index in [0.29, 0.717) is 6.04 Å². The maximum absolute atomic E-state index is 3.50. The first-order valence-electron chi connectivity index (χ1n) is 5.59. The van der Waals surface area contributed by atoms with Crippen molar-refractivity contribution < 1.29 is 0 Å². The van der Waals surface area contributed by atoms with E-state index >= 15 is 0 Å². The average molecular weight is 197 g/mol. The molecule has 1 nitrogen and oxygen atoms in total. The molecule has 0 amide bonds. The summed E-state index contributed by atoms with van der Waals surface area (Å²) in [4.78, 5) is 0. The summed E-state index contributed by atoms with van der Waals surface area (Å²) in [5, 5.41) is 6.22. The Hall–Kier alpha value is -1.34. The molecule has 1 heteroatoms. The van der Waals surface area contributed by atoms with Crippen LogP contribution in [0.5, 0.6) is 0 Å². The molecular weight excluding hydrogens is 182 g/mol. The first-order chi connectivity index (χ1) is 7.34. The summed E-state index contributed by atoms with van der Waals surface area (Å²) in [7, 11) is 0. The second-order valence-electron chi connectivity index (χ2n) is 4.32. The van der Waals surface area contributed by atoms with E-state index in [9.17, 15) is 0 Å².